The van der Waals surface area contributed by atoms with E-state index in [1.54, 1.807) is 30.3 Å². The van der Waals surface area contributed by atoms with Crippen LogP contribution in [0.25, 0.3) is 0 Å². The molecular formula is C21H21BrFN3O3S. The summed E-state index contributed by atoms with van der Waals surface area (Å²) in [7, 11) is 0. The SMILES string of the molecule is CCOc1ccc(NC(=O)CC2SC(=Nc3ccc(Br)cc3F)N(CC)C2=O)cc1. The van der Waals surface area contributed by atoms with Crippen LogP contribution in [0.3, 0.4) is 0 Å². The lowest BCUT2D eigenvalue weighted by atomic mass is 10.2. The summed E-state index contributed by atoms with van der Waals surface area (Å²) in [4.78, 5) is 30.9. The van der Waals surface area contributed by atoms with Gasteiger partial charge in [0.25, 0.3) is 0 Å². The summed E-state index contributed by atoms with van der Waals surface area (Å²) < 4.78 is 20.1. The lowest BCUT2D eigenvalue weighted by Gasteiger charge is -2.13. The molecule has 0 saturated carbocycles. The van der Waals surface area contributed by atoms with Crippen molar-refractivity contribution in [2.24, 2.45) is 4.99 Å². The van der Waals surface area contributed by atoms with Crippen molar-refractivity contribution >= 4 is 56.0 Å². The van der Waals surface area contributed by atoms with E-state index in [0.717, 1.165) is 5.75 Å². The van der Waals surface area contributed by atoms with Gasteiger partial charge in [0.05, 0.1) is 6.61 Å². The Labute approximate surface area is 187 Å². The van der Waals surface area contributed by atoms with Crippen LogP contribution in [0.15, 0.2) is 51.9 Å². The Kier molecular flexibility index (Phi) is 7.49. The minimum atomic E-state index is -0.607. The third-order valence-corrected chi connectivity index (χ3v) is 5.95. The van der Waals surface area contributed by atoms with E-state index in [1.807, 2.05) is 13.8 Å². The van der Waals surface area contributed by atoms with E-state index in [-0.39, 0.29) is 23.9 Å². The number of amidine groups is 1. The summed E-state index contributed by atoms with van der Waals surface area (Å²) in [5.41, 5.74) is 0.767. The van der Waals surface area contributed by atoms with Crippen LogP contribution < -0.4 is 10.1 Å². The van der Waals surface area contributed by atoms with Crippen LogP contribution in [0.5, 0.6) is 5.75 Å². The summed E-state index contributed by atoms with van der Waals surface area (Å²) in [6.45, 7) is 4.66. The number of halogens is 2. The average Bonchev–Trinajstić information content (AvgIpc) is 3.00. The van der Waals surface area contributed by atoms with Crippen molar-refractivity contribution in [2.75, 3.05) is 18.5 Å². The van der Waals surface area contributed by atoms with Crippen molar-refractivity contribution in [3.05, 3.63) is 52.8 Å². The molecule has 1 atom stereocenters. The van der Waals surface area contributed by atoms with E-state index in [4.69, 9.17) is 4.74 Å². The van der Waals surface area contributed by atoms with Gasteiger partial charge in [0, 0.05) is 23.1 Å². The summed E-state index contributed by atoms with van der Waals surface area (Å²) in [6, 6.07) is 11.6. The Morgan fingerprint density at radius 2 is 2.00 bits per heavy atom. The zero-order chi connectivity index (χ0) is 21.7. The van der Waals surface area contributed by atoms with E-state index >= 15 is 0 Å². The maximum atomic E-state index is 14.1. The minimum Gasteiger partial charge on any atom is -0.494 e. The number of carbonyl (C=O) groups is 2. The number of carbonyl (C=O) groups excluding carboxylic acids is 2. The van der Waals surface area contributed by atoms with Crippen molar-refractivity contribution in [3.63, 3.8) is 0 Å². The normalized spacial score (nSPS) is 17.5. The largest absolute Gasteiger partial charge is 0.494 e. The molecule has 1 unspecified atom stereocenters. The molecule has 1 fully saturated rings. The fourth-order valence-corrected chi connectivity index (χ4v) is 4.42. The van der Waals surface area contributed by atoms with Gasteiger partial charge in [0.15, 0.2) is 5.17 Å². The van der Waals surface area contributed by atoms with Crippen molar-refractivity contribution < 1.29 is 18.7 Å². The number of aliphatic imine (C=N–C) groups is 1. The van der Waals surface area contributed by atoms with Gasteiger partial charge >= 0.3 is 0 Å². The highest BCUT2D eigenvalue weighted by atomic mass is 79.9. The number of amides is 2. The molecule has 30 heavy (non-hydrogen) atoms. The highest BCUT2D eigenvalue weighted by molar-refractivity contribution is 9.10. The molecule has 0 aliphatic carbocycles. The first-order valence-electron chi connectivity index (χ1n) is 9.45. The van der Waals surface area contributed by atoms with Crippen LogP contribution in [0, 0.1) is 5.82 Å². The Balaban J connectivity index is 1.68. The van der Waals surface area contributed by atoms with E-state index < -0.39 is 11.1 Å². The molecule has 0 bridgehead atoms. The standard InChI is InChI=1S/C21H21BrFN3O3S/c1-3-26-20(28)18(30-21(26)25-17-10-5-13(22)11-16(17)23)12-19(27)24-14-6-8-15(9-7-14)29-4-2/h5-11,18H,3-4,12H2,1-2H3,(H,24,27). The van der Waals surface area contributed by atoms with Gasteiger partial charge in [-0.15, -0.1) is 0 Å². The van der Waals surface area contributed by atoms with Gasteiger partial charge in [-0.2, -0.15) is 0 Å². The molecule has 2 amide bonds. The first kappa shape index (κ1) is 22.3. The predicted molar refractivity (Wildman–Crippen MR) is 121 cm³/mol. The predicted octanol–water partition coefficient (Wildman–Crippen LogP) is 4.97. The number of benzene rings is 2. The smallest absolute Gasteiger partial charge is 0.242 e. The van der Waals surface area contributed by atoms with Gasteiger partial charge < -0.3 is 10.1 Å². The highest BCUT2D eigenvalue weighted by Crippen LogP contribution is 2.33. The third kappa shape index (κ3) is 5.40. The van der Waals surface area contributed by atoms with Crippen LogP contribution in [0.4, 0.5) is 15.8 Å². The Hall–Kier alpha value is -2.39. The number of ether oxygens (including phenoxy) is 1. The van der Waals surface area contributed by atoms with Crippen LogP contribution >= 0.6 is 27.7 Å². The molecule has 3 rings (SSSR count). The molecule has 0 radical (unpaired) electrons. The first-order valence-corrected chi connectivity index (χ1v) is 11.1. The lowest BCUT2D eigenvalue weighted by molar-refractivity contribution is -0.128. The van der Waals surface area contributed by atoms with Crippen molar-refractivity contribution in [3.8, 4) is 5.75 Å². The van der Waals surface area contributed by atoms with Gasteiger partial charge in [0.1, 0.15) is 22.5 Å². The second-order valence-corrected chi connectivity index (χ2v) is 8.47. The van der Waals surface area contributed by atoms with E-state index in [1.165, 1.54) is 28.8 Å². The van der Waals surface area contributed by atoms with Gasteiger partial charge in [-0.05, 0) is 56.3 Å². The zero-order valence-electron chi connectivity index (χ0n) is 16.5. The molecule has 1 aliphatic rings. The fraction of sp³-hybridized carbons (Fsp3) is 0.286. The number of anilines is 1. The van der Waals surface area contributed by atoms with E-state index in [2.05, 4.69) is 26.2 Å². The van der Waals surface area contributed by atoms with E-state index in [0.29, 0.717) is 28.5 Å². The number of hydrogen-bond acceptors (Lipinski definition) is 5. The zero-order valence-corrected chi connectivity index (χ0v) is 18.9. The lowest BCUT2D eigenvalue weighted by Crippen LogP contribution is -2.33. The Morgan fingerprint density at radius 1 is 1.27 bits per heavy atom. The maximum absolute atomic E-state index is 14.1. The van der Waals surface area contributed by atoms with Crippen LogP contribution in [0.1, 0.15) is 20.3 Å². The van der Waals surface area contributed by atoms with Gasteiger partial charge in [-0.3, -0.25) is 14.5 Å². The van der Waals surface area contributed by atoms with Gasteiger partial charge in [0.2, 0.25) is 11.8 Å². The molecular weight excluding hydrogens is 473 g/mol. The third-order valence-electron chi connectivity index (χ3n) is 4.28. The average molecular weight is 494 g/mol. The number of nitrogens with one attached hydrogen (secondary N) is 1. The number of thioether (sulfide) groups is 1. The molecule has 1 saturated heterocycles. The quantitative estimate of drug-likeness (QED) is 0.591. The van der Waals surface area contributed by atoms with Gasteiger partial charge in [-0.25, -0.2) is 9.38 Å². The fourth-order valence-electron chi connectivity index (χ4n) is 2.87. The Morgan fingerprint density at radius 3 is 2.63 bits per heavy atom. The molecule has 2 aromatic carbocycles. The molecule has 2 aromatic rings. The molecule has 1 N–H and O–H groups in total. The minimum absolute atomic E-state index is 0.00491. The Bertz CT molecular complexity index is 968. The summed E-state index contributed by atoms with van der Waals surface area (Å²) in [5.74, 6) is -0.257. The second-order valence-electron chi connectivity index (χ2n) is 6.39. The molecule has 0 spiro atoms. The summed E-state index contributed by atoms with van der Waals surface area (Å²) in [5, 5.41) is 2.57. The second kappa shape index (κ2) is 10.1. The summed E-state index contributed by atoms with van der Waals surface area (Å²) in [6.07, 6.45) is -0.00491. The van der Waals surface area contributed by atoms with Crippen molar-refractivity contribution in [1.82, 2.24) is 4.90 Å². The van der Waals surface area contributed by atoms with Crippen LogP contribution in [0.2, 0.25) is 0 Å². The molecule has 1 aliphatic heterocycles. The molecule has 1 heterocycles. The summed E-state index contributed by atoms with van der Waals surface area (Å²) >= 11 is 4.38. The van der Waals surface area contributed by atoms with Crippen LogP contribution in [-0.4, -0.2) is 40.3 Å². The number of hydrogen-bond donors (Lipinski definition) is 1. The monoisotopic (exact) mass is 493 g/mol. The maximum Gasteiger partial charge on any atom is 0.242 e. The first-order chi connectivity index (χ1) is 14.4. The molecule has 9 heteroatoms. The molecule has 0 aromatic heterocycles. The van der Waals surface area contributed by atoms with Gasteiger partial charge in [-0.1, -0.05) is 27.7 Å². The topological polar surface area (TPSA) is 71.0 Å². The van der Waals surface area contributed by atoms with Crippen molar-refractivity contribution in [1.29, 1.82) is 0 Å². The van der Waals surface area contributed by atoms with Crippen LogP contribution in [-0.2, 0) is 9.59 Å². The van der Waals surface area contributed by atoms with Crippen molar-refractivity contribution in [2.45, 2.75) is 25.5 Å². The van der Waals surface area contributed by atoms with E-state index in [9.17, 15) is 14.0 Å². The number of rotatable bonds is 7. The number of nitrogens with zero attached hydrogens (tertiary/aromatic N) is 2. The highest BCUT2D eigenvalue weighted by Gasteiger charge is 2.38. The molecule has 6 nitrogen and oxygen atoms in total. The molecule has 158 valence electrons.